The van der Waals surface area contributed by atoms with Gasteiger partial charge in [-0.2, -0.15) is 4.99 Å². The van der Waals surface area contributed by atoms with E-state index in [-0.39, 0.29) is 23.7 Å². The number of piperidine rings is 1. The predicted octanol–water partition coefficient (Wildman–Crippen LogP) is 4.68. The van der Waals surface area contributed by atoms with Gasteiger partial charge in [0.1, 0.15) is 0 Å². The van der Waals surface area contributed by atoms with Gasteiger partial charge in [0.15, 0.2) is 4.80 Å². The molecule has 3 aromatic rings. The number of nitrogens with zero attached hydrogens (tertiary/aromatic N) is 3. The Morgan fingerprint density at radius 2 is 1.76 bits per heavy atom. The van der Waals surface area contributed by atoms with Crippen LogP contribution in [0.2, 0.25) is 0 Å². The van der Waals surface area contributed by atoms with Gasteiger partial charge in [-0.05, 0) is 64.3 Å². The van der Waals surface area contributed by atoms with E-state index in [2.05, 4.69) is 4.99 Å². The third-order valence-electron chi connectivity index (χ3n) is 6.83. The minimum atomic E-state index is -0.285. The molecule has 0 unspecified atom stereocenters. The number of hydrogen-bond donors (Lipinski definition) is 0. The molecule has 4 rings (SSSR count). The molecule has 1 aromatic heterocycles. The molecule has 1 aliphatic rings. The average molecular weight is 520 g/mol. The van der Waals surface area contributed by atoms with Crippen LogP contribution in [0.25, 0.3) is 0 Å². The van der Waals surface area contributed by atoms with Crippen molar-refractivity contribution in [1.82, 2.24) is 9.47 Å². The highest BCUT2D eigenvalue weighted by Gasteiger charge is 2.29. The summed E-state index contributed by atoms with van der Waals surface area (Å²) in [6.45, 7) is 9.61. The fraction of sp³-hybridized carbons (Fsp3) is 0.379. The first kappa shape index (κ1) is 26.5. The van der Waals surface area contributed by atoms with E-state index in [9.17, 15) is 14.4 Å². The standard InChI is InChI=1S/C29H33N3O4S/c1-5-36-28(35)22-13-15-31(16-14-22)27(34)25-12-7-6-10-24(25)18-32-20(3)21(4)37-29(32)30-26(33)23-11-8-9-19(2)17-23/h6-12,17,22H,5,13-16,18H2,1-4H3. The molecule has 0 aliphatic carbocycles. The van der Waals surface area contributed by atoms with Crippen molar-refractivity contribution in [2.45, 2.75) is 47.1 Å². The highest BCUT2D eigenvalue weighted by atomic mass is 32.1. The summed E-state index contributed by atoms with van der Waals surface area (Å²) >= 11 is 1.47. The van der Waals surface area contributed by atoms with Gasteiger partial charge in [-0.1, -0.05) is 35.9 Å². The number of aryl methyl sites for hydroxylation is 2. The monoisotopic (exact) mass is 519 g/mol. The molecule has 2 heterocycles. The molecule has 1 aliphatic heterocycles. The van der Waals surface area contributed by atoms with Gasteiger partial charge in [0.25, 0.3) is 11.8 Å². The van der Waals surface area contributed by atoms with Crippen molar-refractivity contribution >= 4 is 29.1 Å². The number of carbonyl (C=O) groups excluding carboxylic acids is 3. The number of aromatic nitrogens is 1. The molecule has 0 spiro atoms. The summed E-state index contributed by atoms with van der Waals surface area (Å²) < 4.78 is 7.16. The molecule has 0 N–H and O–H groups in total. The van der Waals surface area contributed by atoms with Gasteiger partial charge >= 0.3 is 5.97 Å². The maximum atomic E-state index is 13.5. The number of carbonyl (C=O) groups is 3. The van der Waals surface area contributed by atoms with Crippen LogP contribution in [0.5, 0.6) is 0 Å². The molecule has 194 valence electrons. The SMILES string of the molecule is CCOC(=O)C1CCN(C(=O)c2ccccc2Cn2c(C)c(C)sc2=NC(=O)c2cccc(C)c2)CC1. The van der Waals surface area contributed by atoms with Crippen LogP contribution in [0.4, 0.5) is 0 Å². The second-order valence-corrected chi connectivity index (χ2v) is 10.6. The van der Waals surface area contributed by atoms with E-state index in [0.29, 0.717) is 55.0 Å². The number of ether oxygens (including phenoxy) is 1. The fourth-order valence-electron chi connectivity index (χ4n) is 4.58. The van der Waals surface area contributed by atoms with E-state index >= 15 is 0 Å². The number of thiazole rings is 1. The number of benzene rings is 2. The van der Waals surface area contributed by atoms with Gasteiger partial charge in [-0.3, -0.25) is 14.4 Å². The Balaban J connectivity index is 1.58. The molecule has 1 fully saturated rings. The molecule has 37 heavy (non-hydrogen) atoms. The summed E-state index contributed by atoms with van der Waals surface area (Å²) in [5.41, 5.74) is 4.07. The van der Waals surface area contributed by atoms with E-state index in [1.807, 2.05) is 72.7 Å². The van der Waals surface area contributed by atoms with Crippen LogP contribution < -0.4 is 4.80 Å². The molecule has 0 bridgehead atoms. The third kappa shape index (κ3) is 6.07. The zero-order valence-corrected chi connectivity index (χ0v) is 22.6. The van der Waals surface area contributed by atoms with E-state index < -0.39 is 0 Å². The zero-order valence-electron chi connectivity index (χ0n) is 21.8. The molecule has 7 nitrogen and oxygen atoms in total. The molecule has 1 saturated heterocycles. The van der Waals surface area contributed by atoms with Gasteiger partial charge in [0.2, 0.25) is 0 Å². The summed E-state index contributed by atoms with van der Waals surface area (Å²) in [7, 11) is 0. The summed E-state index contributed by atoms with van der Waals surface area (Å²) in [4.78, 5) is 46.5. The van der Waals surface area contributed by atoms with Crippen molar-refractivity contribution in [3.05, 3.63) is 86.2 Å². The second-order valence-electron chi connectivity index (χ2n) is 9.37. The first-order chi connectivity index (χ1) is 17.8. The number of rotatable bonds is 6. The third-order valence-corrected chi connectivity index (χ3v) is 7.93. The predicted molar refractivity (Wildman–Crippen MR) is 144 cm³/mol. The van der Waals surface area contributed by atoms with E-state index in [0.717, 1.165) is 21.7 Å². The van der Waals surface area contributed by atoms with E-state index in [1.54, 1.807) is 13.0 Å². The lowest BCUT2D eigenvalue weighted by Gasteiger charge is -2.31. The van der Waals surface area contributed by atoms with Gasteiger partial charge < -0.3 is 14.2 Å². The summed E-state index contributed by atoms with van der Waals surface area (Å²) in [6, 6.07) is 15.0. The zero-order chi connectivity index (χ0) is 26.5. The molecule has 8 heteroatoms. The van der Waals surface area contributed by atoms with Gasteiger partial charge in [-0.15, -0.1) is 11.3 Å². The Labute approximate surface area is 221 Å². The molecular formula is C29H33N3O4S. The maximum absolute atomic E-state index is 13.5. The normalized spacial score (nSPS) is 14.6. The summed E-state index contributed by atoms with van der Waals surface area (Å²) in [5.74, 6) is -0.655. The van der Waals surface area contributed by atoms with Crippen molar-refractivity contribution in [2.75, 3.05) is 19.7 Å². The van der Waals surface area contributed by atoms with Crippen molar-refractivity contribution in [1.29, 1.82) is 0 Å². The van der Waals surface area contributed by atoms with Gasteiger partial charge in [0.05, 0.1) is 19.1 Å². The molecule has 0 atom stereocenters. The van der Waals surface area contributed by atoms with Crippen molar-refractivity contribution in [3.63, 3.8) is 0 Å². The molecule has 0 radical (unpaired) electrons. The molecule has 0 saturated carbocycles. The van der Waals surface area contributed by atoms with E-state index in [1.165, 1.54) is 11.3 Å². The average Bonchev–Trinajstić information content (AvgIpc) is 3.16. The lowest BCUT2D eigenvalue weighted by atomic mass is 9.96. The van der Waals surface area contributed by atoms with Crippen LogP contribution >= 0.6 is 11.3 Å². The Morgan fingerprint density at radius 3 is 2.46 bits per heavy atom. The summed E-state index contributed by atoms with van der Waals surface area (Å²) in [6.07, 6.45) is 1.21. The highest BCUT2D eigenvalue weighted by molar-refractivity contribution is 7.09. The maximum Gasteiger partial charge on any atom is 0.309 e. The quantitative estimate of drug-likeness (QED) is 0.443. The first-order valence-corrected chi connectivity index (χ1v) is 13.5. The Hall–Kier alpha value is -3.52. The smallest absolute Gasteiger partial charge is 0.309 e. The lowest BCUT2D eigenvalue weighted by molar-refractivity contribution is -0.149. The first-order valence-electron chi connectivity index (χ1n) is 12.6. The largest absolute Gasteiger partial charge is 0.466 e. The Morgan fingerprint density at radius 1 is 1.03 bits per heavy atom. The van der Waals surface area contributed by atoms with Crippen molar-refractivity contribution < 1.29 is 19.1 Å². The highest BCUT2D eigenvalue weighted by Crippen LogP contribution is 2.22. The minimum absolute atomic E-state index is 0.0440. The number of esters is 1. The number of amides is 2. The van der Waals surface area contributed by atoms with Gasteiger partial charge in [0, 0.05) is 34.8 Å². The van der Waals surface area contributed by atoms with E-state index in [4.69, 9.17) is 4.74 Å². The van der Waals surface area contributed by atoms with Gasteiger partial charge in [-0.25, -0.2) is 0 Å². The molecule has 2 amide bonds. The second kappa shape index (κ2) is 11.7. The fourth-order valence-corrected chi connectivity index (χ4v) is 5.56. The minimum Gasteiger partial charge on any atom is -0.466 e. The number of likely N-dealkylation sites (tertiary alicyclic amines) is 1. The van der Waals surface area contributed by atoms with Crippen LogP contribution in [0.1, 0.15) is 62.2 Å². The Bertz CT molecular complexity index is 1380. The van der Waals surface area contributed by atoms with Crippen molar-refractivity contribution in [2.24, 2.45) is 10.9 Å². The summed E-state index contributed by atoms with van der Waals surface area (Å²) in [5, 5.41) is 0. The van der Waals surface area contributed by atoms with Crippen LogP contribution in [0, 0.1) is 26.7 Å². The van der Waals surface area contributed by atoms with Crippen LogP contribution in [-0.4, -0.2) is 46.9 Å². The van der Waals surface area contributed by atoms with Crippen LogP contribution in [0.3, 0.4) is 0 Å². The molecular weight excluding hydrogens is 486 g/mol. The topological polar surface area (TPSA) is 81.0 Å². The van der Waals surface area contributed by atoms with Crippen LogP contribution in [0.15, 0.2) is 53.5 Å². The van der Waals surface area contributed by atoms with Crippen LogP contribution in [-0.2, 0) is 16.1 Å². The number of hydrogen-bond acceptors (Lipinski definition) is 5. The molecule has 2 aromatic carbocycles. The van der Waals surface area contributed by atoms with Crippen molar-refractivity contribution in [3.8, 4) is 0 Å². The Kier molecular flexibility index (Phi) is 8.38. The lowest BCUT2D eigenvalue weighted by Crippen LogP contribution is -2.41.